The van der Waals surface area contributed by atoms with E-state index in [1.165, 1.54) is 0 Å². The summed E-state index contributed by atoms with van der Waals surface area (Å²) in [5.41, 5.74) is 0. The van der Waals surface area contributed by atoms with Gasteiger partial charge in [-0.05, 0) is 0 Å². The number of thiol groups is 2. The van der Waals surface area contributed by atoms with Crippen molar-refractivity contribution in [2.75, 3.05) is 31.5 Å². The molecule has 2 nitrogen and oxygen atoms in total. The molecule has 9 heavy (non-hydrogen) atoms. The Hall–Kier alpha value is 0.620. The molecule has 0 aliphatic heterocycles. The summed E-state index contributed by atoms with van der Waals surface area (Å²) in [6.45, 7) is 1.96. The van der Waals surface area contributed by atoms with Gasteiger partial charge < -0.3 is 9.47 Å². The quantitative estimate of drug-likeness (QED) is 0.348. The van der Waals surface area contributed by atoms with E-state index in [-0.39, 0.29) is 0 Å². The maximum absolute atomic E-state index is 5.05. The minimum Gasteiger partial charge on any atom is -0.378 e. The summed E-state index contributed by atoms with van der Waals surface area (Å²) in [7, 11) is 0. The molecule has 0 aromatic heterocycles. The lowest BCUT2D eigenvalue weighted by molar-refractivity contribution is 0.0738. The van der Waals surface area contributed by atoms with Gasteiger partial charge in [-0.1, -0.05) is 0 Å². The molecular weight excluding hydrogens is 156 g/mol. The Balaban J connectivity index is 2.60. The van der Waals surface area contributed by atoms with Crippen molar-refractivity contribution >= 4 is 25.3 Å². The van der Waals surface area contributed by atoms with Crippen LogP contribution in [0.3, 0.4) is 0 Å². The van der Waals surface area contributed by atoms with Gasteiger partial charge in [-0.15, -0.1) is 0 Å². The molecule has 0 N–H and O–H groups in total. The summed E-state index contributed by atoms with van der Waals surface area (Å²) in [5, 5.41) is 0. The Morgan fingerprint density at radius 2 is 1.56 bits per heavy atom. The van der Waals surface area contributed by atoms with Crippen molar-refractivity contribution in [2.24, 2.45) is 0 Å². The normalized spacial score (nSPS) is 10.0. The van der Waals surface area contributed by atoms with Crippen LogP contribution in [-0.4, -0.2) is 31.5 Å². The Labute approximate surface area is 66.7 Å². The van der Waals surface area contributed by atoms with Crippen molar-refractivity contribution in [1.29, 1.82) is 0 Å². The zero-order chi connectivity index (χ0) is 6.95. The second-order valence-electron chi connectivity index (χ2n) is 1.37. The number of rotatable bonds is 6. The number of hydrogen-bond acceptors (Lipinski definition) is 4. The molecular formula is C5H12O2S2. The molecule has 0 rings (SSSR count). The van der Waals surface area contributed by atoms with Crippen LogP contribution in [0.4, 0.5) is 0 Å². The summed E-state index contributed by atoms with van der Waals surface area (Å²) < 4.78 is 9.94. The van der Waals surface area contributed by atoms with Gasteiger partial charge in [-0.25, -0.2) is 0 Å². The molecule has 0 saturated carbocycles. The topological polar surface area (TPSA) is 18.5 Å². The lowest BCUT2D eigenvalue weighted by Gasteiger charge is -2.00. The highest BCUT2D eigenvalue weighted by atomic mass is 32.1. The molecule has 56 valence electrons. The third-order valence-electron chi connectivity index (χ3n) is 0.699. The second-order valence-corrected chi connectivity index (χ2v) is 2.08. The van der Waals surface area contributed by atoms with Gasteiger partial charge in [-0.2, -0.15) is 25.3 Å². The van der Waals surface area contributed by atoms with Crippen LogP contribution < -0.4 is 0 Å². The highest BCUT2D eigenvalue weighted by molar-refractivity contribution is 7.80. The Morgan fingerprint density at radius 3 is 2.11 bits per heavy atom. The lowest BCUT2D eigenvalue weighted by Crippen LogP contribution is -2.04. The Kier molecular flexibility index (Phi) is 9.21. The molecule has 0 radical (unpaired) electrons. The Bertz CT molecular complexity index is 46.2. The van der Waals surface area contributed by atoms with E-state index in [2.05, 4.69) is 25.3 Å². The smallest absolute Gasteiger partial charge is 0.0893 e. The molecule has 0 aliphatic rings. The molecule has 0 heterocycles. The average Bonchev–Trinajstić information content (AvgIpc) is 1.89. The van der Waals surface area contributed by atoms with Crippen LogP contribution in [0.5, 0.6) is 0 Å². The van der Waals surface area contributed by atoms with Crippen molar-refractivity contribution < 1.29 is 9.47 Å². The SMILES string of the molecule is SCCOCCOCS. The van der Waals surface area contributed by atoms with Crippen molar-refractivity contribution in [1.82, 2.24) is 0 Å². The van der Waals surface area contributed by atoms with Crippen LogP contribution in [0, 0.1) is 0 Å². The zero-order valence-electron chi connectivity index (χ0n) is 5.25. The van der Waals surface area contributed by atoms with Crippen LogP contribution in [0.1, 0.15) is 0 Å². The van der Waals surface area contributed by atoms with Gasteiger partial charge in [-0.3, -0.25) is 0 Å². The lowest BCUT2D eigenvalue weighted by atomic mass is 10.7. The van der Waals surface area contributed by atoms with E-state index in [9.17, 15) is 0 Å². The Morgan fingerprint density at radius 1 is 0.889 bits per heavy atom. The van der Waals surface area contributed by atoms with Crippen molar-refractivity contribution in [2.45, 2.75) is 0 Å². The van der Waals surface area contributed by atoms with Crippen LogP contribution in [0.15, 0.2) is 0 Å². The summed E-state index contributed by atoms with van der Waals surface area (Å²) in [4.78, 5) is 0. The van der Waals surface area contributed by atoms with Gasteiger partial charge in [0.25, 0.3) is 0 Å². The van der Waals surface area contributed by atoms with Crippen LogP contribution >= 0.6 is 25.3 Å². The van der Waals surface area contributed by atoms with Gasteiger partial charge in [0.1, 0.15) is 0 Å². The molecule has 4 heteroatoms. The van der Waals surface area contributed by atoms with E-state index in [0.717, 1.165) is 5.75 Å². The van der Waals surface area contributed by atoms with Crippen LogP contribution in [0.25, 0.3) is 0 Å². The highest BCUT2D eigenvalue weighted by Gasteiger charge is 1.84. The number of ether oxygens (including phenoxy) is 2. The maximum Gasteiger partial charge on any atom is 0.0893 e. The molecule has 0 saturated heterocycles. The summed E-state index contributed by atoms with van der Waals surface area (Å²) >= 11 is 7.82. The molecule has 0 unspecified atom stereocenters. The molecule has 0 bridgehead atoms. The standard InChI is InChI=1S/C5H12O2S2/c8-4-3-6-1-2-7-5-9/h8-9H,1-5H2. The fourth-order valence-electron chi connectivity index (χ4n) is 0.349. The van der Waals surface area contributed by atoms with Gasteiger partial charge in [0, 0.05) is 5.75 Å². The summed E-state index contributed by atoms with van der Waals surface area (Å²) in [5.74, 6) is 1.23. The van der Waals surface area contributed by atoms with Crippen LogP contribution in [0.2, 0.25) is 0 Å². The maximum atomic E-state index is 5.05. The van der Waals surface area contributed by atoms with E-state index in [0.29, 0.717) is 25.8 Å². The average molecular weight is 168 g/mol. The fourth-order valence-corrected chi connectivity index (χ4v) is 0.607. The first-order valence-corrected chi connectivity index (χ1v) is 4.05. The van der Waals surface area contributed by atoms with Gasteiger partial charge in [0.15, 0.2) is 0 Å². The van der Waals surface area contributed by atoms with Gasteiger partial charge >= 0.3 is 0 Å². The molecule has 0 fully saturated rings. The highest BCUT2D eigenvalue weighted by Crippen LogP contribution is 1.81. The molecule has 0 aliphatic carbocycles. The molecule has 0 spiro atoms. The van der Waals surface area contributed by atoms with Gasteiger partial charge in [0.05, 0.1) is 25.8 Å². The minimum atomic E-state index is 0.463. The molecule has 0 aromatic rings. The number of hydrogen-bond donors (Lipinski definition) is 2. The van der Waals surface area contributed by atoms with Crippen molar-refractivity contribution in [3.63, 3.8) is 0 Å². The minimum absolute atomic E-state index is 0.463. The van der Waals surface area contributed by atoms with Crippen LogP contribution in [-0.2, 0) is 9.47 Å². The third kappa shape index (κ3) is 8.62. The van der Waals surface area contributed by atoms with Crippen molar-refractivity contribution in [3.05, 3.63) is 0 Å². The predicted octanol–water partition coefficient (Wildman–Crippen LogP) is 0.837. The van der Waals surface area contributed by atoms with E-state index in [4.69, 9.17) is 9.47 Å². The molecule has 0 amide bonds. The summed E-state index contributed by atoms with van der Waals surface area (Å²) in [6, 6.07) is 0. The van der Waals surface area contributed by atoms with E-state index in [1.54, 1.807) is 0 Å². The first-order valence-electron chi connectivity index (χ1n) is 2.79. The first kappa shape index (κ1) is 9.62. The molecule has 0 aromatic carbocycles. The third-order valence-corrected chi connectivity index (χ3v) is 1.06. The largest absolute Gasteiger partial charge is 0.378 e. The predicted molar refractivity (Wildman–Crippen MR) is 44.5 cm³/mol. The second kappa shape index (κ2) is 8.62. The molecule has 0 atom stereocenters. The van der Waals surface area contributed by atoms with E-state index >= 15 is 0 Å². The van der Waals surface area contributed by atoms with Gasteiger partial charge in [0.2, 0.25) is 0 Å². The zero-order valence-corrected chi connectivity index (χ0v) is 7.04. The fraction of sp³-hybridized carbons (Fsp3) is 1.00. The van der Waals surface area contributed by atoms with E-state index < -0.39 is 0 Å². The van der Waals surface area contributed by atoms with E-state index in [1.807, 2.05) is 0 Å². The summed E-state index contributed by atoms with van der Waals surface area (Å²) in [6.07, 6.45) is 0. The first-order chi connectivity index (χ1) is 4.41. The van der Waals surface area contributed by atoms with Crippen molar-refractivity contribution in [3.8, 4) is 0 Å². The monoisotopic (exact) mass is 168 g/mol.